The summed E-state index contributed by atoms with van der Waals surface area (Å²) in [6.45, 7) is 4.29. The van der Waals surface area contributed by atoms with E-state index in [1.165, 1.54) is 18.4 Å². The van der Waals surface area contributed by atoms with Crippen molar-refractivity contribution in [1.82, 2.24) is 14.9 Å². The van der Waals surface area contributed by atoms with Crippen LogP contribution in [0.5, 0.6) is 0 Å². The van der Waals surface area contributed by atoms with E-state index in [-0.39, 0.29) is 5.91 Å². The van der Waals surface area contributed by atoms with Gasteiger partial charge in [-0.15, -0.1) is 0 Å². The number of nitrogens with one attached hydrogen (secondary N) is 1. The zero-order valence-electron chi connectivity index (χ0n) is 17.0. The van der Waals surface area contributed by atoms with E-state index in [9.17, 15) is 4.79 Å². The summed E-state index contributed by atoms with van der Waals surface area (Å²) in [6, 6.07) is 15.9. The molecule has 5 rings (SSSR count). The Morgan fingerprint density at radius 3 is 2.59 bits per heavy atom. The molecule has 148 valence electrons. The monoisotopic (exact) mass is 386 g/mol. The summed E-state index contributed by atoms with van der Waals surface area (Å²) in [5, 5.41) is 4.62. The third kappa shape index (κ3) is 3.95. The van der Waals surface area contributed by atoms with Crippen LogP contribution in [0.4, 0.5) is 5.82 Å². The molecule has 0 radical (unpaired) electrons. The number of aryl methyl sites for hydroxylation is 1. The SMILES string of the molecule is CC(=O)N(Cc1cccc(-c2ccc3nc(C)nc(NC4CC4)c3c2)c1)C1CC1. The van der Waals surface area contributed by atoms with Gasteiger partial charge in [0.1, 0.15) is 11.6 Å². The number of benzene rings is 2. The van der Waals surface area contributed by atoms with Gasteiger partial charge in [0.15, 0.2) is 0 Å². The number of carbonyl (C=O) groups is 1. The average molecular weight is 386 g/mol. The number of hydrogen-bond acceptors (Lipinski definition) is 4. The minimum atomic E-state index is 0.159. The minimum Gasteiger partial charge on any atom is -0.367 e. The molecule has 29 heavy (non-hydrogen) atoms. The average Bonchev–Trinajstić information content (AvgIpc) is 3.60. The van der Waals surface area contributed by atoms with Crippen LogP contribution in [0.1, 0.15) is 44.0 Å². The van der Waals surface area contributed by atoms with E-state index in [1.807, 2.05) is 11.8 Å². The molecule has 0 saturated heterocycles. The highest BCUT2D eigenvalue weighted by Gasteiger charge is 2.30. The zero-order valence-corrected chi connectivity index (χ0v) is 17.0. The normalized spacial score (nSPS) is 16.1. The van der Waals surface area contributed by atoms with Gasteiger partial charge in [-0.3, -0.25) is 4.79 Å². The van der Waals surface area contributed by atoms with Crippen molar-refractivity contribution in [3.8, 4) is 11.1 Å². The van der Waals surface area contributed by atoms with Crippen molar-refractivity contribution < 1.29 is 4.79 Å². The Morgan fingerprint density at radius 1 is 1.07 bits per heavy atom. The van der Waals surface area contributed by atoms with Crippen LogP contribution in [0.15, 0.2) is 42.5 Å². The van der Waals surface area contributed by atoms with Gasteiger partial charge in [-0.25, -0.2) is 9.97 Å². The molecule has 3 aromatic rings. The van der Waals surface area contributed by atoms with Gasteiger partial charge in [-0.2, -0.15) is 0 Å². The van der Waals surface area contributed by atoms with Crippen LogP contribution in [0.3, 0.4) is 0 Å². The van der Waals surface area contributed by atoms with Crippen molar-refractivity contribution >= 4 is 22.6 Å². The van der Waals surface area contributed by atoms with E-state index in [2.05, 4.69) is 57.7 Å². The number of hydrogen-bond donors (Lipinski definition) is 1. The summed E-state index contributed by atoms with van der Waals surface area (Å²) in [6.07, 6.45) is 4.67. The Labute approximate surface area is 171 Å². The molecule has 0 spiro atoms. The van der Waals surface area contributed by atoms with Crippen molar-refractivity contribution in [3.63, 3.8) is 0 Å². The molecule has 0 bridgehead atoms. The van der Waals surface area contributed by atoms with E-state index in [0.29, 0.717) is 18.6 Å². The highest BCUT2D eigenvalue weighted by molar-refractivity contribution is 5.93. The quantitative estimate of drug-likeness (QED) is 0.668. The number of fused-ring (bicyclic) bond motifs is 1. The molecular formula is C24H26N4O. The number of aromatic nitrogens is 2. The van der Waals surface area contributed by atoms with Crippen LogP contribution < -0.4 is 5.32 Å². The first kappa shape index (κ1) is 18.1. The molecule has 5 heteroatoms. The lowest BCUT2D eigenvalue weighted by molar-refractivity contribution is -0.130. The third-order valence-corrected chi connectivity index (χ3v) is 5.73. The molecule has 1 heterocycles. The van der Waals surface area contributed by atoms with Gasteiger partial charge in [0.2, 0.25) is 5.91 Å². The first-order valence-corrected chi connectivity index (χ1v) is 10.5. The lowest BCUT2D eigenvalue weighted by Gasteiger charge is -2.21. The summed E-state index contributed by atoms with van der Waals surface area (Å²) in [7, 11) is 0. The number of nitrogens with zero attached hydrogens (tertiary/aromatic N) is 3. The Hall–Kier alpha value is -2.95. The molecule has 0 aliphatic heterocycles. The van der Waals surface area contributed by atoms with E-state index in [1.54, 1.807) is 6.92 Å². The van der Waals surface area contributed by atoms with Gasteiger partial charge < -0.3 is 10.2 Å². The first-order chi connectivity index (χ1) is 14.1. The number of amides is 1. The van der Waals surface area contributed by atoms with E-state index < -0.39 is 0 Å². The lowest BCUT2D eigenvalue weighted by Crippen LogP contribution is -2.30. The van der Waals surface area contributed by atoms with E-state index in [0.717, 1.165) is 46.5 Å². The highest BCUT2D eigenvalue weighted by Crippen LogP contribution is 2.32. The second-order valence-electron chi connectivity index (χ2n) is 8.35. The molecule has 2 aromatic carbocycles. The van der Waals surface area contributed by atoms with Gasteiger partial charge >= 0.3 is 0 Å². The van der Waals surface area contributed by atoms with Gasteiger partial charge in [-0.05, 0) is 67.5 Å². The second-order valence-corrected chi connectivity index (χ2v) is 8.35. The summed E-state index contributed by atoms with van der Waals surface area (Å²) < 4.78 is 0. The molecule has 0 unspecified atom stereocenters. The first-order valence-electron chi connectivity index (χ1n) is 10.5. The van der Waals surface area contributed by atoms with Crippen molar-refractivity contribution in [3.05, 3.63) is 53.9 Å². The smallest absolute Gasteiger partial charge is 0.219 e. The number of carbonyl (C=O) groups excluding carboxylic acids is 1. The fraction of sp³-hybridized carbons (Fsp3) is 0.375. The molecule has 2 fully saturated rings. The predicted octanol–water partition coefficient (Wildman–Crippen LogP) is 4.69. The van der Waals surface area contributed by atoms with Gasteiger partial charge in [0, 0.05) is 30.9 Å². The Morgan fingerprint density at radius 2 is 1.86 bits per heavy atom. The maximum Gasteiger partial charge on any atom is 0.219 e. The maximum absolute atomic E-state index is 12.0. The van der Waals surface area contributed by atoms with Crippen molar-refractivity contribution in [2.24, 2.45) is 0 Å². The van der Waals surface area contributed by atoms with Crippen LogP contribution in [-0.2, 0) is 11.3 Å². The Kier molecular flexibility index (Phi) is 4.46. The summed E-state index contributed by atoms with van der Waals surface area (Å²) in [5.74, 6) is 1.89. The Bertz CT molecular complexity index is 1090. The van der Waals surface area contributed by atoms with Gasteiger partial charge in [0.05, 0.1) is 5.52 Å². The van der Waals surface area contributed by atoms with Gasteiger partial charge in [0.25, 0.3) is 0 Å². The van der Waals surface area contributed by atoms with Crippen LogP contribution in [0.2, 0.25) is 0 Å². The predicted molar refractivity (Wildman–Crippen MR) is 116 cm³/mol. The highest BCUT2D eigenvalue weighted by atomic mass is 16.2. The van der Waals surface area contributed by atoms with Crippen molar-refractivity contribution in [2.75, 3.05) is 5.32 Å². The fourth-order valence-corrected chi connectivity index (χ4v) is 3.88. The summed E-state index contributed by atoms with van der Waals surface area (Å²) in [5.41, 5.74) is 4.44. The number of anilines is 1. The molecule has 2 aliphatic rings. The van der Waals surface area contributed by atoms with E-state index in [4.69, 9.17) is 0 Å². The number of rotatable bonds is 6. The van der Waals surface area contributed by atoms with Crippen LogP contribution in [-0.4, -0.2) is 32.9 Å². The molecule has 1 N–H and O–H groups in total. The maximum atomic E-state index is 12.0. The molecular weight excluding hydrogens is 360 g/mol. The summed E-state index contributed by atoms with van der Waals surface area (Å²) in [4.78, 5) is 23.2. The van der Waals surface area contributed by atoms with E-state index >= 15 is 0 Å². The largest absolute Gasteiger partial charge is 0.367 e. The van der Waals surface area contributed by atoms with Crippen molar-refractivity contribution in [1.29, 1.82) is 0 Å². The molecule has 0 atom stereocenters. The molecule has 1 amide bonds. The van der Waals surface area contributed by atoms with Crippen LogP contribution in [0.25, 0.3) is 22.0 Å². The van der Waals surface area contributed by atoms with Gasteiger partial charge in [-0.1, -0.05) is 24.3 Å². The lowest BCUT2D eigenvalue weighted by atomic mass is 10.0. The molecule has 2 saturated carbocycles. The van der Waals surface area contributed by atoms with Crippen LogP contribution in [0, 0.1) is 6.92 Å². The summed E-state index contributed by atoms with van der Waals surface area (Å²) >= 11 is 0. The zero-order chi connectivity index (χ0) is 20.0. The minimum absolute atomic E-state index is 0.159. The fourth-order valence-electron chi connectivity index (χ4n) is 3.88. The third-order valence-electron chi connectivity index (χ3n) is 5.73. The molecule has 2 aliphatic carbocycles. The topological polar surface area (TPSA) is 58.1 Å². The van der Waals surface area contributed by atoms with Crippen LogP contribution >= 0.6 is 0 Å². The second kappa shape index (κ2) is 7.14. The standard InChI is InChI=1S/C24H26N4O/c1-15-25-23-11-6-19(13-22(23)24(26-15)27-20-7-8-20)18-5-3-4-17(12-18)14-28(16(2)29)21-9-10-21/h3-6,11-13,20-21H,7-10,14H2,1-2H3,(H,25,26,27). The molecule has 1 aromatic heterocycles. The Balaban J connectivity index is 1.48. The van der Waals surface area contributed by atoms with Crippen molar-refractivity contribution in [2.45, 2.75) is 58.2 Å². The molecule has 5 nitrogen and oxygen atoms in total.